The molecule has 2 atom stereocenters. The number of likely N-dealkylation sites (tertiary alicyclic amines) is 1. The number of aryl methyl sites for hydroxylation is 1. The van der Waals surface area contributed by atoms with E-state index in [4.69, 9.17) is 0 Å². The Bertz CT molecular complexity index is 371. The topological polar surface area (TPSA) is 15.3 Å². The number of hydrogen-bond donors (Lipinski definition) is 1. The van der Waals surface area contributed by atoms with Gasteiger partial charge in [0.2, 0.25) is 0 Å². The van der Waals surface area contributed by atoms with Crippen LogP contribution in [0.15, 0.2) is 24.3 Å². The second-order valence-corrected chi connectivity index (χ2v) is 6.07. The largest absolute Gasteiger partial charge is 0.309 e. The summed E-state index contributed by atoms with van der Waals surface area (Å²) in [5, 5.41) is 3.71. The van der Waals surface area contributed by atoms with E-state index in [-0.39, 0.29) is 0 Å². The first-order valence-corrected chi connectivity index (χ1v) is 7.71. The average Bonchev–Trinajstić information content (AvgIpc) is 2.81. The summed E-state index contributed by atoms with van der Waals surface area (Å²) in [6, 6.07) is 9.49. The Balaban J connectivity index is 2.00. The molecule has 0 bridgehead atoms. The van der Waals surface area contributed by atoms with Crippen LogP contribution < -0.4 is 5.32 Å². The maximum atomic E-state index is 3.71. The van der Waals surface area contributed by atoms with Gasteiger partial charge in [0.05, 0.1) is 0 Å². The van der Waals surface area contributed by atoms with E-state index in [1.807, 2.05) is 0 Å². The molecule has 1 aliphatic rings. The standard InChI is InChI=1S/C17H28N2/c1-4-10-18-17(13-19-11-9-15(3)12-19)16-7-5-14(2)6-8-16/h5-8,15,17-18H,4,9-13H2,1-3H3. The van der Waals surface area contributed by atoms with E-state index in [2.05, 4.69) is 55.3 Å². The van der Waals surface area contributed by atoms with Crippen LogP contribution in [0, 0.1) is 12.8 Å². The lowest BCUT2D eigenvalue weighted by molar-refractivity contribution is 0.285. The van der Waals surface area contributed by atoms with E-state index in [0.29, 0.717) is 6.04 Å². The molecule has 1 aliphatic heterocycles. The van der Waals surface area contributed by atoms with Gasteiger partial charge in [-0.3, -0.25) is 0 Å². The summed E-state index contributed by atoms with van der Waals surface area (Å²) in [5.74, 6) is 0.866. The first-order chi connectivity index (χ1) is 9.19. The molecular formula is C17H28N2. The molecule has 0 amide bonds. The molecule has 0 saturated carbocycles. The summed E-state index contributed by atoms with van der Waals surface area (Å²) < 4.78 is 0. The number of nitrogens with one attached hydrogen (secondary N) is 1. The van der Waals surface area contributed by atoms with E-state index >= 15 is 0 Å². The fourth-order valence-electron chi connectivity index (χ4n) is 2.86. The Labute approximate surface area is 118 Å². The van der Waals surface area contributed by atoms with Crippen molar-refractivity contribution in [2.75, 3.05) is 26.2 Å². The van der Waals surface area contributed by atoms with Crippen molar-refractivity contribution in [2.45, 2.75) is 39.7 Å². The molecule has 0 aromatic heterocycles. The Morgan fingerprint density at radius 3 is 2.63 bits per heavy atom. The first-order valence-electron chi connectivity index (χ1n) is 7.71. The molecule has 2 heteroatoms. The highest BCUT2D eigenvalue weighted by Crippen LogP contribution is 2.20. The van der Waals surface area contributed by atoms with Crippen molar-refractivity contribution < 1.29 is 0 Å². The van der Waals surface area contributed by atoms with Gasteiger partial charge in [0.25, 0.3) is 0 Å². The zero-order valence-electron chi connectivity index (χ0n) is 12.7. The van der Waals surface area contributed by atoms with Gasteiger partial charge >= 0.3 is 0 Å². The molecule has 1 N–H and O–H groups in total. The fraction of sp³-hybridized carbons (Fsp3) is 0.647. The van der Waals surface area contributed by atoms with Crippen LogP contribution in [-0.2, 0) is 0 Å². The first kappa shape index (κ1) is 14.5. The third-order valence-corrected chi connectivity index (χ3v) is 4.07. The third-order valence-electron chi connectivity index (χ3n) is 4.07. The normalized spacial score (nSPS) is 21.7. The average molecular weight is 260 g/mol. The van der Waals surface area contributed by atoms with Gasteiger partial charge in [-0.2, -0.15) is 0 Å². The number of nitrogens with zero attached hydrogens (tertiary/aromatic N) is 1. The Morgan fingerprint density at radius 1 is 1.32 bits per heavy atom. The van der Waals surface area contributed by atoms with Crippen molar-refractivity contribution in [3.8, 4) is 0 Å². The number of benzene rings is 1. The van der Waals surface area contributed by atoms with Crippen LogP contribution in [0.3, 0.4) is 0 Å². The minimum absolute atomic E-state index is 0.478. The molecule has 2 unspecified atom stereocenters. The number of rotatable bonds is 6. The minimum atomic E-state index is 0.478. The predicted molar refractivity (Wildman–Crippen MR) is 82.4 cm³/mol. The van der Waals surface area contributed by atoms with Gasteiger partial charge in [-0.25, -0.2) is 0 Å². The van der Waals surface area contributed by atoms with Crippen LogP contribution >= 0.6 is 0 Å². The van der Waals surface area contributed by atoms with Gasteiger partial charge in [-0.1, -0.05) is 43.7 Å². The van der Waals surface area contributed by atoms with E-state index in [0.717, 1.165) is 19.0 Å². The third kappa shape index (κ3) is 4.32. The van der Waals surface area contributed by atoms with E-state index < -0.39 is 0 Å². The van der Waals surface area contributed by atoms with Crippen molar-refractivity contribution in [3.05, 3.63) is 35.4 Å². The quantitative estimate of drug-likeness (QED) is 0.843. The SMILES string of the molecule is CCCNC(CN1CCC(C)C1)c1ccc(C)cc1. The van der Waals surface area contributed by atoms with Crippen molar-refractivity contribution >= 4 is 0 Å². The summed E-state index contributed by atoms with van der Waals surface area (Å²) in [6.45, 7) is 11.5. The van der Waals surface area contributed by atoms with Gasteiger partial charge in [0.15, 0.2) is 0 Å². The molecule has 19 heavy (non-hydrogen) atoms. The minimum Gasteiger partial charge on any atom is -0.309 e. The van der Waals surface area contributed by atoms with Crippen LogP contribution in [0.2, 0.25) is 0 Å². The van der Waals surface area contributed by atoms with Crippen LogP contribution in [-0.4, -0.2) is 31.1 Å². The smallest absolute Gasteiger partial charge is 0.0449 e. The van der Waals surface area contributed by atoms with E-state index in [9.17, 15) is 0 Å². The van der Waals surface area contributed by atoms with Gasteiger partial charge < -0.3 is 10.2 Å². The van der Waals surface area contributed by atoms with E-state index in [1.54, 1.807) is 0 Å². The highest BCUT2D eigenvalue weighted by atomic mass is 15.2. The van der Waals surface area contributed by atoms with E-state index in [1.165, 1.54) is 37.1 Å². The van der Waals surface area contributed by atoms with Crippen LogP contribution in [0.25, 0.3) is 0 Å². The summed E-state index contributed by atoms with van der Waals surface area (Å²) in [6.07, 6.45) is 2.55. The Morgan fingerprint density at radius 2 is 2.05 bits per heavy atom. The summed E-state index contributed by atoms with van der Waals surface area (Å²) in [5.41, 5.74) is 2.77. The van der Waals surface area contributed by atoms with Crippen LogP contribution in [0.1, 0.15) is 43.9 Å². The summed E-state index contributed by atoms with van der Waals surface area (Å²) in [7, 11) is 0. The molecule has 1 aromatic carbocycles. The molecule has 1 saturated heterocycles. The predicted octanol–water partition coefficient (Wildman–Crippen LogP) is 3.38. The highest BCUT2D eigenvalue weighted by molar-refractivity contribution is 5.24. The van der Waals surface area contributed by atoms with Gasteiger partial charge in [0.1, 0.15) is 0 Å². The monoisotopic (exact) mass is 260 g/mol. The van der Waals surface area contributed by atoms with Crippen molar-refractivity contribution in [2.24, 2.45) is 5.92 Å². The van der Waals surface area contributed by atoms with Gasteiger partial charge in [-0.15, -0.1) is 0 Å². The van der Waals surface area contributed by atoms with Crippen LogP contribution in [0.4, 0.5) is 0 Å². The molecule has 2 rings (SSSR count). The van der Waals surface area contributed by atoms with Crippen molar-refractivity contribution in [1.29, 1.82) is 0 Å². The Hall–Kier alpha value is -0.860. The zero-order valence-corrected chi connectivity index (χ0v) is 12.7. The number of hydrogen-bond acceptors (Lipinski definition) is 2. The highest BCUT2D eigenvalue weighted by Gasteiger charge is 2.22. The molecule has 1 heterocycles. The second-order valence-electron chi connectivity index (χ2n) is 6.07. The fourth-order valence-corrected chi connectivity index (χ4v) is 2.86. The maximum absolute atomic E-state index is 3.71. The molecule has 0 spiro atoms. The van der Waals surface area contributed by atoms with Gasteiger partial charge in [0, 0.05) is 19.1 Å². The lowest BCUT2D eigenvalue weighted by atomic mass is 10.0. The van der Waals surface area contributed by atoms with Gasteiger partial charge in [-0.05, 0) is 44.3 Å². The van der Waals surface area contributed by atoms with Crippen LogP contribution in [0.5, 0.6) is 0 Å². The van der Waals surface area contributed by atoms with Crippen molar-refractivity contribution in [1.82, 2.24) is 10.2 Å². The second kappa shape index (κ2) is 7.06. The molecule has 0 radical (unpaired) electrons. The lowest BCUT2D eigenvalue weighted by Crippen LogP contribution is -2.34. The molecule has 106 valence electrons. The molecule has 1 fully saturated rings. The summed E-state index contributed by atoms with van der Waals surface area (Å²) >= 11 is 0. The molecule has 2 nitrogen and oxygen atoms in total. The Kier molecular flexibility index (Phi) is 5.41. The summed E-state index contributed by atoms with van der Waals surface area (Å²) in [4.78, 5) is 2.61. The molecule has 0 aliphatic carbocycles. The maximum Gasteiger partial charge on any atom is 0.0449 e. The van der Waals surface area contributed by atoms with Crippen molar-refractivity contribution in [3.63, 3.8) is 0 Å². The zero-order chi connectivity index (χ0) is 13.7. The molecule has 1 aromatic rings. The molecular weight excluding hydrogens is 232 g/mol. The lowest BCUT2D eigenvalue weighted by Gasteiger charge is -2.25.